The van der Waals surface area contributed by atoms with Crippen molar-refractivity contribution in [3.63, 3.8) is 0 Å². The number of rotatable bonds is 2. The Morgan fingerprint density at radius 3 is 2.59 bits per heavy atom. The Morgan fingerprint density at radius 2 is 1.82 bits per heavy atom. The molecule has 0 saturated carbocycles. The molecule has 0 amide bonds. The average Bonchev–Trinajstić information content (AvgIpc) is 2.81. The van der Waals surface area contributed by atoms with Crippen molar-refractivity contribution in [1.29, 1.82) is 0 Å². The van der Waals surface area contributed by atoms with Crippen molar-refractivity contribution in [2.45, 2.75) is 5.88 Å². The van der Waals surface area contributed by atoms with Gasteiger partial charge in [0.05, 0.1) is 16.9 Å². The van der Waals surface area contributed by atoms with Crippen molar-refractivity contribution in [1.82, 2.24) is 9.97 Å². The Bertz CT molecular complexity index is 644. The monoisotopic (exact) mass is 242 g/mol. The summed E-state index contributed by atoms with van der Waals surface area (Å²) in [6.07, 6.45) is 0. The van der Waals surface area contributed by atoms with Crippen LogP contribution in [0, 0.1) is 0 Å². The van der Waals surface area contributed by atoms with Crippen LogP contribution in [-0.4, -0.2) is 9.97 Å². The summed E-state index contributed by atoms with van der Waals surface area (Å²) in [5, 5.41) is 0. The summed E-state index contributed by atoms with van der Waals surface area (Å²) in [6, 6.07) is 16.5. The summed E-state index contributed by atoms with van der Waals surface area (Å²) in [5.74, 6) is 1.22. The molecule has 0 spiro atoms. The Balaban J connectivity index is 2.13. The highest BCUT2D eigenvalue weighted by atomic mass is 35.5. The molecule has 3 heteroatoms. The molecule has 2 aromatic carbocycles. The van der Waals surface area contributed by atoms with Crippen molar-refractivity contribution < 1.29 is 0 Å². The number of imidazole rings is 1. The fourth-order valence-electron chi connectivity index (χ4n) is 1.93. The second-order valence-electron chi connectivity index (χ2n) is 3.92. The molecule has 0 bridgehead atoms. The molecule has 0 aliphatic rings. The van der Waals surface area contributed by atoms with Crippen LogP contribution < -0.4 is 0 Å². The third kappa shape index (κ3) is 1.92. The number of hydrogen-bond acceptors (Lipinski definition) is 1. The average molecular weight is 243 g/mol. The van der Waals surface area contributed by atoms with Gasteiger partial charge in [0.2, 0.25) is 0 Å². The Morgan fingerprint density at radius 1 is 1.00 bits per heavy atom. The lowest BCUT2D eigenvalue weighted by Gasteiger charge is -2.00. The minimum atomic E-state index is 0.412. The second kappa shape index (κ2) is 4.22. The molecule has 0 fully saturated rings. The normalized spacial score (nSPS) is 10.9. The van der Waals surface area contributed by atoms with E-state index in [0.29, 0.717) is 5.88 Å². The lowest BCUT2D eigenvalue weighted by Crippen LogP contribution is -1.77. The van der Waals surface area contributed by atoms with Gasteiger partial charge in [-0.3, -0.25) is 0 Å². The first-order valence-electron chi connectivity index (χ1n) is 5.47. The molecular weight excluding hydrogens is 232 g/mol. The minimum absolute atomic E-state index is 0.412. The number of alkyl halides is 1. The van der Waals surface area contributed by atoms with E-state index in [1.165, 1.54) is 11.1 Å². The first-order chi connectivity index (χ1) is 8.36. The number of aromatic amines is 1. The number of nitrogens with zero attached hydrogens (tertiary/aromatic N) is 1. The summed E-state index contributed by atoms with van der Waals surface area (Å²) in [7, 11) is 0. The van der Waals surface area contributed by atoms with E-state index in [1.807, 2.05) is 24.3 Å². The highest BCUT2D eigenvalue weighted by Gasteiger charge is 2.03. The van der Waals surface area contributed by atoms with Crippen LogP contribution in [0.25, 0.3) is 22.2 Å². The molecular formula is C14H11ClN2. The largest absolute Gasteiger partial charge is 0.341 e. The van der Waals surface area contributed by atoms with Crippen LogP contribution in [0.5, 0.6) is 0 Å². The van der Waals surface area contributed by atoms with Crippen molar-refractivity contribution in [2.75, 3.05) is 0 Å². The van der Waals surface area contributed by atoms with Gasteiger partial charge in [-0.25, -0.2) is 4.98 Å². The number of hydrogen-bond donors (Lipinski definition) is 1. The number of aromatic nitrogens is 2. The second-order valence-corrected chi connectivity index (χ2v) is 4.18. The SMILES string of the molecule is ClCc1nc2cc(-c3ccccc3)ccc2[nH]1. The molecule has 0 aliphatic heterocycles. The van der Waals surface area contributed by atoms with Crippen molar-refractivity contribution in [3.05, 3.63) is 54.4 Å². The summed E-state index contributed by atoms with van der Waals surface area (Å²) in [5.41, 5.74) is 4.36. The molecule has 0 aliphatic carbocycles. The van der Waals surface area contributed by atoms with Crippen molar-refractivity contribution in [3.8, 4) is 11.1 Å². The predicted octanol–water partition coefficient (Wildman–Crippen LogP) is 3.97. The number of nitrogens with one attached hydrogen (secondary N) is 1. The molecule has 17 heavy (non-hydrogen) atoms. The molecule has 3 rings (SSSR count). The Kier molecular flexibility index (Phi) is 2.57. The van der Waals surface area contributed by atoms with Gasteiger partial charge >= 0.3 is 0 Å². The van der Waals surface area contributed by atoms with Crippen LogP contribution in [0.15, 0.2) is 48.5 Å². The molecule has 2 nitrogen and oxygen atoms in total. The number of halogens is 1. The van der Waals surface area contributed by atoms with Crippen LogP contribution in [0.3, 0.4) is 0 Å². The van der Waals surface area contributed by atoms with Crippen LogP contribution in [0.2, 0.25) is 0 Å². The predicted molar refractivity (Wildman–Crippen MR) is 71.1 cm³/mol. The number of fused-ring (bicyclic) bond motifs is 1. The van der Waals surface area contributed by atoms with E-state index in [-0.39, 0.29) is 0 Å². The third-order valence-electron chi connectivity index (χ3n) is 2.77. The van der Waals surface area contributed by atoms with E-state index in [0.717, 1.165) is 16.9 Å². The van der Waals surface area contributed by atoms with Gasteiger partial charge in [0, 0.05) is 0 Å². The van der Waals surface area contributed by atoms with Gasteiger partial charge in [0.25, 0.3) is 0 Å². The van der Waals surface area contributed by atoms with E-state index in [9.17, 15) is 0 Å². The summed E-state index contributed by atoms with van der Waals surface area (Å²) in [4.78, 5) is 7.61. The molecule has 1 N–H and O–H groups in total. The fourth-order valence-corrected chi connectivity index (χ4v) is 2.06. The molecule has 0 unspecified atom stereocenters. The maximum absolute atomic E-state index is 5.76. The van der Waals surface area contributed by atoms with E-state index >= 15 is 0 Å². The summed E-state index contributed by atoms with van der Waals surface area (Å²) < 4.78 is 0. The molecule has 1 heterocycles. The topological polar surface area (TPSA) is 28.7 Å². The summed E-state index contributed by atoms with van der Waals surface area (Å²) in [6.45, 7) is 0. The van der Waals surface area contributed by atoms with Gasteiger partial charge in [-0.2, -0.15) is 0 Å². The smallest absolute Gasteiger partial charge is 0.122 e. The Hall–Kier alpha value is -1.80. The van der Waals surface area contributed by atoms with E-state index in [1.54, 1.807) is 0 Å². The highest BCUT2D eigenvalue weighted by Crippen LogP contribution is 2.23. The lowest BCUT2D eigenvalue weighted by atomic mass is 10.1. The molecule has 84 valence electrons. The third-order valence-corrected chi connectivity index (χ3v) is 3.02. The molecule has 0 atom stereocenters. The molecule has 3 aromatic rings. The van der Waals surface area contributed by atoms with Crippen molar-refractivity contribution >= 4 is 22.6 Å². The minimum Gasteiger partial charge on any atom is -0.341 e. The zero-order valence-electron chi connectivity index (χ0n) is 9.15. The number of H-pyrrole nitrogens is 1. The first-order valence-corrected chi connectivity index (χ1v) is 6.00. The van der Waals surface area contributed by atoms with E-state index in [4.69, 9.17) is 11.6 Å². The van der Waals surface area contributed by atoms with Crippen LogP contribution in [0.1, 0.15) is 5.82 Å². The fraction of sp³-hybridized carbons (Fsp3) is 0.0714. The van der Waals surface area contributed by atoms with Gasteiger partial charge in [0.15, 0.2) is 0 Å². The maximum Gasteiger partial charge on any atom is 0.122 e. The number of benzene rings is 2. The van der Waals surface area contributed by atoms with E-state index in [2.05, 4.69) is 34.2 Å². The van der Waals surface area contributed by atoms with Crippen LogP contribution in [0.4, 0.5) is 0 Å². The van der Waals surface area contributed by atoms with Gasteiger partial charge < -0.3 is 4.98 Å². The Labute approximate surface area is 104 Å². The maximum atomic E-state index is 5.76. The molecule has 0 saturated heterocycles. The van der Waals surface area contributed by atoms with Crippen molar-refractivity contribution in [2.24, 2.45) is 0 Å². The summed E-state index contributed by atoms with van der Waals surface area (Å²) >= 11 is 5.76. The van der Waals surface area contributed by atoms with E-state index < -0.39 is 0 Å². The van der Waals surface area contributed by atoms with Gasteiger partial charge in [-0.15, -0.1) is 11.6 Å². The first kappa shape index (κ1) is 10.4. The molecule has 1 aromatic heterocycles. The van der Waals surface area contributed by atoms with Gasteiger partial charge in [-0.1, -0.05) is 36.4 Å². The molecule has 0 radical (unpaired) electrons. The zero-order chi connectivity index (χ0) is 11.7. The zero-order valence-corrected chi connectivity index (χ0v) is 9.91. The lowest BCUT2D eigenvalue weighted by molar-refractivity contribution is 1.13. The van der Waals surface area contributed by atoms with Gasteiger partial charge in [0.1, 0.15) is 5.82 Å². The van der Waals surface area contributed by atoms with Crippen LogP contribution >= 0.6 is 11.6 Å². The van der Waals surface area contributed by atoms with Crippen LogP contribution in [-0.2, 0) is 5.88 Å². The highest BCUT2D eigenvalue weighted by molar-refractivity contribution is 6.16. The quantitative estimate of drug-likeness (QED) is 0.677. The standard InChI is InChI=1S/C14H11ClN2/c15-9-14-16-12-7-6-11(8-13(12)17-14)10-4-2-1-3-5-10/h1-8H,9H2,(H,16,17). The van der Waals surface area contributed by atoms with Gasteiger partial charge in [-0.05, 0) is 23.3 Å².